The normalized spacial score (nSPS) is 10.5. The molecule has 0 atom stereocenters. The number of anilines is 1. The molecule has 0 saturated heterocycles. The summed E-state index contributed by atoms with van der Waals surface area (Å²) < 4.78 is 13.6. The molecule has 1 amide bonds. The van der Waals surface area contributed by atoms with Crippen molar-refractivity contribution in [3.63, 3.8) is 0 Å². The minimum absolute atomic E-state index is 0.111. The minimum Gasteiger partial charge on any atom is -0.326 e. The van der Waals surface area contributed by atoms with Crippen LogP contribution in [0.25, 0.3) is 0 Å². The highest BCUT2D eigenvalue weighted by atomic mass is 79.9. The lowest BCUT2D eigenvalue weighted by molar-refractivity contribution is -0.118. The van der Waals surface area contributed by atoms with E-state index in [1.54, 1.807) is 19.9 Å². The molecule has 0 heterocycles. The van der Waals surface area contributed by atoms with Crippen LogP contribution < -0.4 is 5.32 Å². The van der Waals surface area contributed by atoms with Gasteiger partial charge in [0.25, 0.3) is 0 Å². The molecule has 1 aromatic carbocycles. The van der Waals surface area contributed by atoms with E-state index in [-0.39, 0.29) is 17.6 Å². The maximum Gasteiger partial charge on any atom is 0.226 e. The molecule has 0 aliphatic heterocycles. The number of aryl methyl sites for hydroxylation is 1. The van der Waals surface area contributed by atoms with E-state index < -0.39 is 0 Å². The van der Waals surface area contributed by atoms with E-state index in [4.69, 9.17) is 0 Å². The zero-order chi connectivity index (χ0) is 11.6. The van der Waals surface area contributed by atoms with E-state index in [0.29, 0.717) is 10.2 Å². The topological polar surface area (TPSA) is 29.1 Å². The van der Waals surface area contributed by atoms with Crippen LogP contribution in [0.3, 0.4) is 0 Å². The van der Waals surface area contributed by atoms with Crippen LogP contribution in [0, 0.1) is 18.7 Å². The number of carbonyl (C=O) groups excluding carboxylic acids is 1. The summed E-state index contributed by atoms with van der Waals surface area (Å²) in [6, 6.07) is 2.96. The smallest absolute Gasteiger partial charge is 0.226 e. The van der Waals surface area contributed by atoms with Gasteiger partial charge in [0.1, 0.15) is 5.82 Å². The van der Waals surface area contributed by atoms with Crippen LogP contribution in [0.15, 0.2) is 16.6 Å². The van der Waals surface area contributed by atoms with Gasteiger partial charge in [-0.15, -0.1) is 0 Å². The van der Waals surface area contributed by atoms with Crippen molar-refractivity contribution in [2.24, 2.45) is 5.92 Å². The summed E-state index contributed by atoms with van der Waals surface area (Å²) in [4.78, 5) is 11.4. The highest BCUT2D eigenvalue weighted by Gasteiger charge is 2.10. The summed E-state index contributed by atoms with van der Waals surface area (Å²) in [7, 11) is 0. The predicted molar refractivity (Wildman–Crippen MR) is 62.3 cm³/mol. The minimum atomic E-state index is -0.375. The largest absolute Gasteiger partial charge is 0.326 e. The molecule has 2 nitrogen and oxygen atoms in total. The third-order valence-corrected chi connectivity index (χ3v) is 2.66. The Hall–Kier alpha value is -0.900. The number of benzene rings is 1. The van der Waals surface area contributed by atoms with Crippen molar-refractivity contribution >= 4 is 27.5 Å². The maximum absolute atomic E-state index is 13.2. The van der Waals surface area contributed by atoms with Crippen LogP contribution in [0.2, 0.25) is 0 Å². The monoisotopic (exact) mass is 273 g/mol. The van der Waals surface area contributed by atoms with Gasteiger partial charge < -0.3 is 5.32 Å². The van der Waals surface area contributed by atoms with Gasteiger partial charge >= 0.3 is 0 Å². The second-order valence-electron chi connectivity index (χ2n) is 3.73. The molecule has 0 aliphatic carbocycles. The Balaban J connectivity index is 2.96. The summed E-state index contributed by atoms with van der Waals surface area (Å²) in [5.74, 6) is -0.601. The Morgan fingerprint density at radius 1 is 1.47 bits per heavy atom. The van der Waals surface area contributed by atoms with Gasteiger partial charge in [-0.2, -0.15) is 0 Å². The van der Waals surface area contributed by atoms with Crippen LogP contribution >= 0.6 is 15.9 Å². The number of hydrogen-bond donors (Lipinski definition) is 1. The first kappa shape index (κ1) is 12.2. The van der Waals surface area contributed by atoms with Crippen LogP contribution in [-0.2, 0) is 4.79 Å². The SMILES string of the molecule is Cc1cc(Br)c(F)cc1NC(=O)C(C)C. The lowest BCUT2D eigenvalue weighted by Gasteiger charge is -2.11. The van der Waals surface area contributed by atoms with E-state index in [1.165, 1.54) is 6.07 Å². The molecule has 1 aromatic rings. The van der Waals surface area contributed by atoms with Gasteiger partial charge in [-0.3, -0.25) is 4.79 Å². The first-order valence-corrected chi connectivity index (χ1v) is 5.47. The zero-order valence-corrected chi connectivity index (χ0v) is 10.5. The Morgan fingerprint density at radius 3 is 2.60 bits per heavy atom. The van der Waals surface area contributed by atoms with E-state index in [1.807, 2.05) is 6.92 Å². The lowest BCUT2D eigenvalue weighted by atomic mass is 10.1. The molecule has 1 N–H and O–H groups in total. The Bertz CT molecular complexity index is 390. The van der Waals surface area contributed by atoms with E-state index >= 15 is 0 Å². The fourth-order valence-electron chi connectivity index (χ4n) is 1.06. The maximum atomic E-state index is 13.2. The van der Waals surface area contributed by atoms with Gasteiger partial charge in [-0.05, 0) is 40.5 Å². The van der Waals surface area contributed by atoms with Gasteiger partial charge in [0.05, 0.1) is 4.47 Å². The molecule has 0 aromatic heterocycles. The molecular weight excluding hydrogens is 261 g/mol. The average molecular weight is 274 g/mol. The summed E-state index contributed by atoms with van der Waals surface area (Å²) >= 11 is 3.09. The molecule has 0 bridgehead atoms. The van der Waals surface area contributed by atoms with Gasteiger partial charge in [-0.25, -0.2) is 4.39 Å². The molecular formula is C11H13BrFNO. The van der Waals surface area contributed by atoms with Crippen molar-refractivity contribution < 1.29 is 9.18 Å². The predicted octanol–water partition coefficient (Wildman–Crippen LogP) is 3.49. The second-order valence-corrected chi connectivity index (χ2v) is 4.58. The third kappa shape index (κ3) is 3.02. The van der Waals surface area contributed by atoms with Crippen molar-refractivity contribution in [2.75, 3.05) is 5.32 Å². The summed E-state index contributed by atoms with van der Waals surface area (Å²) in [5.41, 5.74) is 1.35. The number of halogens is 2. The molecule has 1 rings (SSSR count). The van der Waals surface area contributed by atoms with Gasteiger partial charge in [0.2, 0.25) is 5.91 Å². The first-order chi connectivity index (χ1) is 6.91. The van der Waals surface area contributed by atoms with Gasteiger partial charge in [0.15, 0.2) is 0 Å². The molecule has 0 saturated carbocycles. The van der Waals surface area contributed by atoms with E-state index in [9.17, 15) is 9.18 Å². The molecule has 0 spiro atoms. The summed E-state index contributed by atoms with van der Waals surface area (Å²) in [6.07, 6.45) is 0. The molecule has 0 fully saturated rings. The second kappa shape index (κ2) is 4.75. The van der Waals surface area contributed by atoms with E-state index in [2.05, 4.69) is 21.2 Å². The quantitative estimate of drug-likeness (QED) is 0.878. The van der Waals surface area contributed by atoms with Crippen molar-refractivity contribution in [1.82, 2.24) is 0 Å². The first-order valence-electron chi connectivity index (χ1n) is 4.68. The Labute approximate surface area is 97.0 Å². The Morgan fingerprint density at radius 2 is 2.07 bits per heavy atom. The van der Waals surface area contributed by atoms with Crippen molar-refractivity contribution in [3.05, 3.63) is 28.0 Å². The van der Waals surface area contributed by atoms with E-state index in [0.717, 1.165) is 5.56 Å². The van der Waals surface area contributed by atoms with Crippen LogP contribution in [0.1, 0.15) is 19.4 Å². The number of rotatable bonds is 2. The van der Waals surface area contributed by atoms with Crippen LogP contribution in [0.5, 0.6) is 0 Å². The molecule has 82 valence electrons. The molecule has 0 aliphatic rings. The standard InChI is InChI=1S/C11H13BrFNO/c1-6(2)11(15)14-10-5-9(13)8(12)4-7(10)3/h4-6H,1-3H3,(H,14,15). The van der Waals surface area contributed by atoms with Gasteiger partial charge in [-0.1, -0.05) is 13.8 Å². The molecule has 0 radical (unpaired) electrons. The van der Waals surface area contributed by atoms with Crippen LogP contribution in [-0.4, -0.2) is 5.91 Å². The number of carbonyl (C=O) groups is 1. The third-order valence-electron chi connectivity index (χ3n) is 2.05. The van der Waals surface area contributed by atoms with Crippen molar-refractivity contribution in [2.45, 2.75) is 20.8 Å². The lowest BCUT2D eigenvalue weighted by Crippen LogP contribution is -2.18. The fraction of sp³-hybridized carbons (Fsp3) is 0.364. The summed E-state index contributed by atoms with van der Waals surface area (Å²) in [5, 5.41) is 2.68. The number of nitrogens with one attached hydrogen (secondary N) is 1. The average Bonchev–Trinajstić information content (AvgIpc) is 2.13. The highest BCUT2D eigenvalue weighted by Crippen LogP contribution is 2.24. The highest BCUT2D eigenvalue weighted by molar-refractivity contribution is 9.10. The molecule has 4 heteroatoms. The van der Waals surface area contributed by atoms with Crippen molar-refractivity contribution in [3.8, 4) is 0 Å². The number of amides is 1. The Kier molecular flexibility index (Phi) is 3.85. The van der Waals surface area contributed by atoms with Crippen LogP contribution in [0.4, 0.5) is 10.1 Å². The van der Waals surface area contributed by atoms with Gasteiger partial charge in [0, 0.05) is 11.6 Å². The summed E-state index contributed by atoms with van der Waals surface area (Å²) in [6.45, 7) is 5.40. The zero-order valence-electron chi connectivity index (χ0n) is 8.90. The number of hydrogen-bond acceptors (Lipinski definition) is 1. The van der Waals surface area contributed by atoms with Crippen molar-refractivity contribution in [1.29, 1.82) is 0 Å². The molecule has 15 heavy (non-hydrogen) atoms. The molecule has 0 unspecified atom stereocenters. The fourth-order valence-corrected chi connectivity index (χ4v) is 1.52.